The lowest BCUT2D eigenvalue weighted by atomic mass is 10.00. The number of nitrogens with one attached hydrogen (secondary N) is 2. The van der Waals surface area contributed by atoms with E-state index in [0.29, 0.717) is 42.1 Å². The van der Waals surface area contributed by atoms with Crippen LogP contribution in [0.1, 0.15) is 52.7 Å². The second-order valence-electron chi connectivity index (χ2n) is 10.4. The van der Waals surface area contributed by atoms with Gasteiger partial charge in [0.15, 0.2) is 5.78 Å². The van der Waals surface area contributed by atoms with Gasteiger partial charge in [0, 0.05) is 29.7 Å². The highest BCUT2D eigenvalue weighted by atomic mass is 16.5. The van der Waals surface area contributed by atoms with Crippen molar-refractivity contribution in [1.29, 1.82) is 0 Å². The van der Waals surface area contributed by atoms with E-state index >= 15 is 0 Å². The summed E-state index contributed by atoms with van der Waals surface area (Å²) in [6, 6.07) is 32.5. The van der Waals surface area contributed by atoms with Crippen LogP contribution in [0.4, 0.5) is 5.69 Å². The van der Waals surface area contributed by atoms with E-state index < -0.39 is 12.0 Å². The minimum absolute atomic E-state index is 0.0258. The Morgan fingerprint density at radius 2 is 1.40 bits per heavy atom. The largest absolute Gasteiger partial charge is 0.492 e. The lowest BCUT2D eigenvalue weighted by molar-refractivity contribution is -0.137. The lowest BCUT2D eigenvalue weighted by Crippen LogP contribution is -2.32. The molecule has 7 heteroatoms. The van der Waals surface area contributed by atoms with Crippen LogP contribution in [-0.2, 0) is 22.4 Å². The van der Waals surface area contributed by atoms with E-state index in [1.165, 1.54) is 5.56 Å². The fourth-order valence-corrected chi connectivity index (χ4v) is 4.78. The van der Waals surface area contributed by atoms with Crippen LogP contribution in [-0.4, -0.2) is 42.0 Å². The number of unbranched alkanes of at least 4 members (excludes halogenated alkanes) is 2. The van der Waals surface area contributed by atoms with Crippen LogP contribution in [0.5, 0.6) is 5.75 Å². The minimum Gasteiger partial charge on any atom is -0.492 e. The standard InChI is InChI=1S/C36H38N2O5/c39-34(19-9-2-6-14-27-12-4-1-5-13-27)37-24-25-43-30-22-20-28(21-23-30)26-33(36(41)42)38-32-18-11-10-17-31(32)35(40)29-15-7-3-8-16-29/h1,3-5,7-8,10-13,15-18,20-23,33,38H,2,6,9,14,19,24-26H2,(H,37,39)(H,41,42)/t33-/m0/s1. The fraction of sp³-hybridized carbons (Fsp3) is 0.250. The molecule has 1 atom stereocenters. The average molecular weight is 579 g/mol. The third kappa shape index (κ3) is 10.1. The summed E-state index contributed by atoms with van der Waals surface area (Å²) in [6.07, 6.45) is 4.70. The number of amides is 1. The van der Waals surface area contributed by atoms with E-state index in [9.17, 15) is 19.5 Å². The van der Waals surface area contributed by atoms with Crippen molar-refractivity contribution in [3.8, 4) is 5.75 Å². The Morgan fingerprint density at radius 1 is 0.721 bits per heavy atom. The smallest absolute Gasteiger partial charge is 0.326 e. The number of aliphatic carboxylic acids is 1. The first-order chi connectivity index (χ1) is 21.0. The topological polar surface area (TPSA) is 105 Å². The molecule has 0 aliphatic rings. The maximum atomic E-state index is 13.1. The summed E-state index contributed by atoms with van der Waals surface area (Å²) in [5.74, 6) is -0.533. The predicted molar refractivity (Wildman–Crippen MR) is 169 cm³/mol. The number of carbonyl (C=O) groups is 3. The number of anilines is 1. The number of para-hydroxylation sites is 1. The number of carbonyl (C=O) groups excluding carboxylic acids is 2. The molecule has 0 unspecified atom stereocenters. The van der Waals surface area contributed by atoms with Gasteiger partial charge in [-0.25, -0.2) is 4.79 Å². The van der Waals surface area contributed by atoms with Gasteiger partial charge in [0.2, 0.25) is 5.91 Å². The number of carboxylic acids is 1. The van der Waals surface area contributed by atoms with Gasteiger partial charge < -0.3 is 20.5 Å². The van der Waals surface area contributed by atoms with Gasteiger partial charge >= 0.3 is 5.97 Å². The third-order valence-electron chi connectivity index (χ3n) is 7.10. The van der Waals surface area contributed by atoms with E-state index in [1.54, 1.807) is 60.7 Å². The molecule has 0 saturated heterocycles. The van der Waals surface area contributed by atoms with E-state index in [1.807, 2.05) is 36.4 Å². The van der Waals surface area contributed by atoms with Gasteiger partial charge in [0.05, 0.1) is 6.54 Å². The van der Waals surface area contributed by atoms with Crippen molar-refractivity contribution in [1.82, 2.24) is 5.32 Å². The number of ether oxygens (including phenoxy) is 1. The van der Waals surface area contributed by atoms with Gasteiger partial charge in [0.1, 0.15) is 18.4 Å². The second kappa shape index (κ2) is 16.5. The average Bonchev–Trinajstić information content (AvgIpc) is 3.04. The summed E-state index contributed by atoms with van der Waals surface area (Å²) < 4.78 is 5.75. The lowest BCUT2D eigenvalue weighted by Gasteiger charge is -2.18. The number of benzene rings is 4. The minimum atomic E-state index is -1.02. The number of rotatable bonds is 17. The Bertz CT molecular complexity index is 1460. The molecule has 3 N–H and O–H groups in total. The van der Waals surface area contributed by atoms with Gasteiger partial charge in [-0.15, -0.1) is 0 Å². The molecule has 0 bridgehead atoms. The molecule has 0 aliphatic carbocycles. The van der Waals surface area contributed by atoms with Crippen LogP contribution in [0.15, 0.2) is 109 Å². The van der Waals surface area contributed by atoms with Gasteiger partial charge in [-0.05, 0) is 54.7 Å². The molecule has 43 heavy (non-hydrogen) atoms. The van der Waals surface area contributed by atoms with E-state index in [2.05, 4.69) is 22.8 Å². The molecule has 0 spiro atoms. The van der Waals surface area contributed by atoms with Crippen molar-refractivity contribution in [3.05, 3.63) is 131 Å². The first kappa shape index (κ1) is 31.0. The first-order valence-electron chi connectivity index (χ1n) is 14.7. The summed E-state index contributed by atoms with van der Waals surface area (Å²) in [7, 11) is 0. The van der Waals surface area contributed by atoms with Crippen molar-refractivity contribution in [3.63, 3.8) is 0 Å². The molecule has 0 heterocycles. The molecule has 4 rings (SSSR count). The highest BCUT2D eigenvalue weighted by Crippen LogP contribution is 2.22. The van der Waals surface area contributed by atoms with Crippen LogP contribution >= 0.6 is 0 Å². The summed E-state index contributed by atoms with van der Waals surface area (Å²) in [5.41, 5.74) is 3.55. The summed E-state index contributed by atoms with van der Waals surface area (Å²) in [6.45, 7) is 0.751. The molecule has 0 saturated carbocycles. The monoisotopic (exact) mass is 578 g/mol. The van der Waals surface area contributed by atoms with Crippen LogP contribution < -0.4 is 15.4 Å². The SMILES string of the molecule is O=C(CCCCCc1ccccc1)NCCOc1ccc(C[C@H](Nc2ccccc2C(=O)c2ccccc2)C(=O)O)cc1. The molecule has 0 radical (unpaired) electrons. The zero-order valence-corrected chi connectivity index (χ0v) is 24.2. The van der Waals surface area contributed by atoms with E-state index in [0.717, 1.165) is 31.2 Å². The predicted octanol–water partition coefficient (Wildman–Crippen LogP) is 6.32. The molecule has 4 aromatic carbocycles. The van der Waals surface area contributed by atoms with E-state index in [4.69, 9.17) is 4.74 Å². The van der Waals surface area contributed by atoms with Gasteiger partial charge in [-0.3, -0.25) is 9.59 Å². The second-order valence-corrected chi connectivity index (χ2v) is 10.4. The van der Waals surface area contributed by atoms with Crippen molar-refractivity contribution < 1.29 is 24.2 Å². The zero-order valence-electron chi connectivity index (χ0n) is 24.2. The third-order valence-corrected chi connectivity index (χ3v) is 7.10. The van der Waals surface area contributed by atoms with Crippen LogP contribution in [0.25, 0.3) is 0 Å². The Hall–Kier alpha value is -4.91. The molecule has 1 amide bonds. The van der Waals surface area contributed by atoms with Crippen molar-refractivity contribution in [2.24, 2.45) is 0 Å². The Balaban J connectivity index is 1.19. The van der Waals surface area contributed by atoms with Crippen LogP contribution in [0.3, 0.4) is 0 Å². The number of hydrogen-bond acceptors (Lipinski definition) is 5. The molecule has 0 aromatic heterocycles. The van der Waals surface area contributed by atoms with Gasteiger partial charge in [0.25, 0.3) is 0 Å². The van der Waals surface area contributed by atoms with E-state index in [-0.39, 0.29) is 18.1 Å². The number of hydrogen-bond donors (Lipinski definition) is 3. The Kier molecular flexibility index (Phi) is 11.9. The number of ketones is 1. The summed E-state index contributed by atoms with van der Waals surface area (Å²) in [4.78, 5) is 37.3. The molecular formula is C36H38N2O5. The Morgan fingerprint density at radius 3 is 2.12 bits per heavy atom. The highest BCUT2D eigenvalue weighted by molar-refractivity contribution is 6.12. The van der Waals surface area contributed by atoms with Crippen molar-refractivity contribution >= 4 is 23.3 Å². The van der Waals surface area contributed by atoms with Gasteiger partial charge in [-0.2, -0.15) is 0 Å². The molecule has 4 aromatic rings. The summed E-state index contributed by atoms with van der Waals surface area (Å²) in [5, 5.41) is 15.9. The van der Waals surface area contributed by atoms with Gasteiger partial charge in [-0.1, -0.05) is 91.3 Å². The molecule has 0 fully saturated rings. The Labute approximate surface area is 252 Å². The summed E-state index contributed by atoms with van der Waals surface area (Å²) >= 11 is 0. The maximum absolute atomic E-state index is 13.1. The van der Waals surface area contributed by atoms with Crippen LogP contribution in [0.2, 0.25) is 0 Å². The molecule has 222 valence electrons. The molecule has 0 aliphatic heterocycles. The van der Waals surface area contributed by atoms with Crippen molar-refractivity contribution in [2.75, 3.05) is 18.5 Å². The number of aryl methyl sites for hydroxylation is 1. The number of carboxylic acid groups (broad SMARTS) is 1. The normalized spacial score (nSPS) is 11.3. The van der Waals surface area contributed by atoms with Crippen LogP contribution in [0, 0.1) is 0 Å². The zero-order chi connectivity index (χ0) is 30.3. The maximum Gasteiger partial charge on any atom is 0.326 e. The van der Waals surface area contributed by atoms with Crippen molar-refractivity contribution in [2.45, 2.75) is 44.6 Å². The molecular weight excluding hydrogens is 540 g/mol. The quantitative estimate of drug-likeness (QED) is 0.100. The fourth-order valence-electron chi connectivity index (χ4n) is 4.78. The highest BCUT2D eigenvalue weighted by Gasteiger charge is 2.21. The first-order valence-corrected chi connectivity index (χ1v) is 14.7. The molecule has 7 nitrogen and oxygen atoms in total.